The Hall–Kier alpha value is -2.04. The molecule has 1 unspecified atom stereocenters. The van der Waals surface area contributed by atoms with Crippen molar-refractivity contribution in [3.8, 4) is 11.5 Å². The first kappa shape index (κ1) is 19.7. The van der Waals surface area contributed by atoms with Crippen molar-refractivity contribution in [3.63, 3.8) is 0 Å². The lowest BCUT2D eigenvalue weighted by atomic mass is 9.98. The van der Waals surface area contributed by atoms with E-state index in [2.05, 4.69) is 12.2 Å². The molecule has 144 valence electrons. The van der Waals surface area contributed by atoms with Crippen LogP contribution in [0.15, 0.2) is 36.4 Å². The molecule has 1 aliphatic heterocycles. The predicted octanol–water partition coefficient (Wildman–Crippen LogP) is 5.47. The molecule has 5 heteroatoms. The lowest BCUT2D eigenvalue weighted by Crippen LogP contribution is -2.17. The first-order chi connectivity index (χ1) is 13.1. The van der Waals surface area contributed by atoms with E-state index in [0.29, 0.717) is 34.3 Å². The molecule has 0 aromatic heterocycles. The molecule has 0 bridgehead atoms. The van der Waals surface area contributed by atoms with Crippen molar-refractivity contribution in [2.75, 3.05) is 13.2 Å². The number of para-hydroxylation sites is 1. The highest BCUT2D eigenvalue weighted by Gasteiger charge is 2.27. The molecular weight excluding hydrogens is 362 g/mol. The van der Waals surface area contributed by atoms with Crippen molar-refractivity contribution in [3.05, 3.63) is 58.1 Å². The van der Waals surface area contributed by atoms with Gasteiger partial charge in [0.2, 0.25) is 0 Å². The minimum atomic E-state index is -0.446. The van der Waals surface area contributed by atoms with E-state index in [1.807, 2.05) is 31.2 Å². The van der Waals surface area contributed by atoms with Crippen molar-refractivity contribution < 1.29 is 14.3 Å². The summed E-state index contributed by atoms with van der Waals surface area (Å²) in [5.41, 5.74) is 2.10. The SMILES string of the molecule is CCCCOc1cc(C2CCCN2)c(Cl)c(C)c1C(=O)Oc1ccccc1. The van der Waals surface area contributed by atoms with Gasteiger partial charge in [0.05, 0.1) is 6.61 Å². The molecule has 3 rings (SSSR count). The maximum atomic E-state index is 12.9. The number of hydrogen-bond donors (Lipinski definition) is 1. The van der Waals surface area contributed by atoms with E-state index >= 15 is 0 Å². The van der Waals surface area contributed by atoms with Gasteiger partial charge >= 0.3 is 5.97 Å². The summed E-state index contributed by atoms with van der Waals surface area (Å²) < 4.78 is 11.5. The van der Waals surface area contributed by atoms with Crippen LogP contribution in [-0.4, -0.2) is 19.1 Å². The molecule has 1 saturated heterocycles. The van der Waals surface area contributed by atoms with Crippen LogP contribution in [-0.2, 0) is 0 Å². The number of rotatable bonds is 7. The molecule has 4 nitrogen and oxygen atoms in total. The number of esters is 1. The van der Waals surface area contributed by atoms with Gasteiger partial charge in [-0.15, -0.1) is 0 Å². The summed E-state index contributed by atoms with van der Waals surface area (Å²) in [4.78, 5) is 12.9. The Morgan fingerprint density at radius 1 is 1.30 bits per heavy atom. The van der Waals surface area contributed by atoms with Crippen LogP contribution in [0, 0.1) is 6.92 Å². The number of halogens is 1. The third kappa shape index (κ3) is 4.63. The smallest absolute Gasteiger partial charge is 0.347 e. The molecule has 2 aromatic carbocycles. The normalized spacial score (nSPS) is 16.3. The summed E-state index contributed by atoms with van der Waals surface area (Å²) in [6.07, 6.45) is 4.09. The number of benzene rings is 2. The van der Waals surface area contributed by atoms with Crippen LogP contribution >= 0.6 is 11.6 Å². The van der Waals surface area contributed by atoms with Crippen LogP contribution in [0.5, 0.6) is 11.5 Å². The summed E-state index contributed by atoms with van der Waals surface area (Å²) in [7, 11) is 0. The van der Waals surface area contributed by atoms with Crippen LogP contribution in [0.2, 0.25) is 5.02 Å². The molecule has 1 atom stereocenters. The van der Waals surface area contributed by atoms with Gasteiger partial charge in [-0.25, -0.2) is 4.79 Å². The zero-order valence-electron chi connectivity index (χ0n) is 15.9. The number of hydrogen-bond acceptors (Lipinski definition) is 4. The molecule has 1 N–H and O–H groups in total. The van der Waals surface area contributed by atoms with E-state index in [-0.39, 0.29) is 6.04 Å². The van der Waals surface area contributed by atoms with Crippen LogP contribution < -0.4 is 14.8 Å². The molecule has 2 aromatic rings. The fourth-order valence-corrected chi connectivity index (χ4v) is 3.61. The van der Waals surface area contributed by atoms with E-state index in [1.54, 1.807) is 12.1 Å². The van der Waals surface area contributed by atoms with Gasteiger partial charge in [-0.3, -0.25) is 0 Å². The predicted molar refractivity (Wildman–Crippen MR) is 108 cm³/mol. The van der Waals surface area contributed by atoms with E-state index in [1.165, 1.54) is 0 Å². The Bertz CT molecular complexity index is 786. The van der Waals surface area contributed by atoms with Crippen molar-refractivity contribution in [1.82, 2.24) is 5.32 Å². The van der Waals surface area contributed by atoms with E-state index in [9.17, 15) is 4.79 Å². The Morgan fingerprint density at radius 3 is 2.74 bits per heavy atom. The molecule has 0 spiro atoms. The molecule has 0 aliphatic carbocycles. The van der Waals surface area contributed by atoms with Gasteiger partial charge < -0.3 is 14.8 Å². The summed E-state index contributed by atoms with van der Waals surface area (Å²) in [6.45, 7) is 5.49. The fourth-order valence-electron chi connectivity index (χ4n) is 3.33. The van der Waals surface area contributed by atoms with Gasteiger partial charge in [-0.2, -0.15) is 0 Å². The van der Waals surface area contributed by atoms with E-state index in [0.717, 1.165) is 37.8 Å². The van der Waals surface area contributed by atoms with Crippen molar-refractivity contribution in [1.29, 1.82) is 0 Å². The first-order valence-electron chi connectivity index (χ1n) is 9.58. The second-order valence-corrected chi connectivity index (χ2v) is 7.21. The molecule has 0 radical (unpaired) electrons. The van der Waals surface area contributed by atoms with Gasteiger partial charge in [0, 0.05) is 11.1 Å². The molecule has 1 aliphatic rings. The maximum Gasteiger partial charge on any atom is 0.347 e. The summed E-state index contributed by atoms with van der Waals surface area (Å²) in [5.74, 6) is 0.604. The van der Waals surface area contributed by atoms with Gasteiger partial charge in [0.1, 0.15) is 17.1 Å². The molecular formula is C22H26ClNO3. The van der Waals surface area contributed by atoms with Gasteiger partial charge in [-0.1, -0.05) is 43.1 Å². The lowest BCUT2D eigenvalue weighted by molar-refractivity contribution is 0.0729. The Labute approximate surface area is 165 Å². The average molecular weight is 388 g/mol. The third-order valence-corrected chi connectivity index (χ3v) is 5.34. The number of carbonyl (C=O) groups is 1. The van der Waals surface area contributed by atoms with Gasteiger partial charge in [0.15, 0.2) is 0 Å². The highest BCUT2D eigenvalue weighted by atomic mass is 35.5. The fraction of sp³-hybridized carbons (Fsp3) is 0.409. The second-order valence-electron chi connectivity index (χ2n) is 6.83. The van der Waals surface area contributed by atoms with Crippen molar-refractivity contribution in [2.24, 2.45) is 0 Å². The number of nitrogens with one attached hydrogen (secondary N) is 1. The number of carbonyl (C=O) groups excluding carboxylic acids is 1. The van der Waals surface area contributed by atoms with Crippen molar-refractivity contribution >= 4 is 17.6 Å². The van der Waals surface area contributed by atoms with Gasteiger partial charge in [0.25, 0.3) is 0 Å². The van der Waals surface area contributed by atoms with E-state index < -0.39 is 5.97 Å². The standard InChI is InChI=1S/C22H26ClNO3/c1-3-4-13-26-19-14-17(18-11-8-12-24-18)21(23)15(2)20(19)22(25)27-16-9-6-5-7-10-16/h5-7,9-10,14,18,24H,3-4,8,11-13H2,1-2H3. The quantitative estimate of drug-likeness (QED) is 0.388. The third-order valence-electron chi connectivity index (χ3n) is 4.84. The second kappa shape index (κ2) is 9.25. The zero-order valence-corrected chi connectivity index (χ0v) is 16.6. The molecule has 0 amide bonds. The Kier molecular flexibility index (Phi) is 6.75. The molecule has 1 fully saturated rings. The topological polar surface area (TPSA) is 47.6 Å². The van der Waals surface area contributed by atoms with Crippen LogP contribution in [0.1, 0.15) is 60.1 Å². The number of unbranched alkanes of at least 4 members (excludes halogenated alkanes) is 1. The Balaban J connectivity index is 1.96. The van der Waals surface area contributed by atoms with Gasteiger partial charge in [-0.05, 0) is 62.1 Å². The summed E-state index contributed by atoms with van der Waals surface area (Å²) in [5, 5.41) is 4.08. The average Bonchev–Trinajstić information content (AvgIpc) is 3.20. The van der Waals surface area contributed by atoms with Crippen LogP contribution in [0.4, 0.5) is 0 Å². The number of ether oxygens (including phenoxy) is 2. The largest absolute Gasteiger partial charge is 0.493 e. The minimum absolute atomic E-state index is 0.198. The summed E-state index contributed by atoms with van der Waals surface area (Å²) >= 11 is 6.66. The van der Waals surface area contributed by atoms with Crippen molar-refractivity contribution in [2.45, 2.75) is 45.6 Å². The monoisotopic (exact) mass is 387 g/mol. The molecule has 27 heavy (non-hydrogen) atoms. The highest BCUT2D eigenvalue weighted by molar-refractivity contribution is 6.32. The van der Waals surface area contributed by atoms with Crippen LogP contribution in [0.25, 0.3) is 0 Å². The first-order valence-corrected chi connectivity index (χ1v) is 9.96. The maximum absolute atomic E-state index is 12.9. The highest BCUT2D eigenvalue weighted by Crippen LogP contribution is 2.38. The molecule has 0 saturated carbocycles. The Morgan fingerprint density at radius 2 is 2.07 bits per heavy atom. The lowest BCUT2D eigenvalue weighted by Gasteiger charge is -2.20. The molecule has 1 heterocycles. The minimum Gasteiger partial charge on any atom is -0.493 e. The van der Waals surface area contributed by atoms with E-state index in [4.69, 9.17) is 21.1 Å². The van der Waals surface area contributed by atoms with Crippen LogP contribution in [0.3, 0.4) is 0 Å². The summed E-state index contributed by atoms with van der Waals surface area (Å²) in [6, 6.07) is 11.2. The zero-order chi connectivity index (χ0) is 19.2.